The van der Waals surface area contributed by atoms with Crippen molar-refractivity contribution in [1.29, 1.82) is 0 Å². The van der Waals surface area contributed by atoms with Gasteiger partial charge >= 0.3 is 0 Å². The normalized spacial score (nSPS) is 15.6. The van der Waals surface area contributed by atoms with Crippen LogP contribution in [0, 0.1) is 20.8 Å². The number of hydrogen-bond donors (Lipinski definition) is 1. The van der Waals surface area contributed by atoms with Gasteiger partial charge in [0.15, 0.2) is 5.11 Å². The van der Waals surface area contributed by atoms with E-state index in [-0.39, 0.29) is 10.7 Å². The lowest BCUT2D eigenvalue weighted by Crippen LogP contribution is -2.54. The third-order valence-corrected chi connectivity index (χ3v) is 5.43. The van der Waals surface area contributed by atoms with Crippen molar-refractivity contribution in [3.63, 3.8) is 0 Å². The number of benzene rings is 2. The first-order valence-corrected chi connectivity index (χ1v) is 10.00. The van der Waals surface area contributed by atoms with Gasteiger partial charge in [-0.1, -0.05) is 30.3 Å². The molecular weight excluding hydrogens is 394 g/mol. The summed E-state index contributed by atoms with van der Waals surface area (Å²) < 4.78 is 2.10. The van der Waals surface area contributed by atoms with E-state index in [0.29, 0.717) is 5.69 Å². The van der Waals surface area contributed by atoms with Gasteiger partial charge in [-0.25, -0.2) is 0 Å². The van der Waals surface area contributed by atoms with Gasteiger partial charge in [0.2, 0.25) is 0 Å². The molecule has 1 aliphatic rings. The Morgan fingerprint density at radius 1 is 0.900 bits per heavy atom. The first-order valence-electron chi connectivity index (χ1n) is 9.59. The van der Waals surface area contributed by atoms with Crippen LogP contribution in [0.25, 0.3) is 11.8 Å². The fraction of sp³-hybridized carbons (Fsp3) is 0.125. The maximum absolute atomic E-state index is 13.2. The highest BCUT2D eigenvalue weighted by Crippen LogP contribution is 2.26. The van der Waals surface area contributed by atoms with E-state index in [4.69, 9.17) is 12.2 Å². The summed E-state index contributed by atoms with van der Waals surface area (Å²) in [5, 5.41) is 2.73. The van der Waals surface area contributed by atoms with Gasteiger partial charge in [-0.15, -0.1) is 0 Å². The Kier molecular flexibility index (Phi) is 5.10. The number of nitrogens with zero attached hydrogens (tertiary/aromatic N) is 2. The van der Waals surface area contributed by atoms with E-state index in [1.54, 1.807) is 12.1 Å². The summed E-state index contributed by atoms with van der Waals surface area (Å²) in [6.45, 7) is 5.91. The molecule has 5 nitrogen and oxygen atoms in total. The van der Waals surface area contributed by atoms with Crippen LogP contribution < -0.4 is 10.2 Å². The predicted molar refractivity (Wildman–Crippen MR) is 123 cm³/mol. The van der Waals surface area contributed by atoms with E-state index >= 15 is 0 Å². The molecule has 0 bridgehead atoms. The Morgan fingerprint density at radius 3 is 2.30 bits per heavy atom. The fourth-order valence-electron chi connectivity index (χ4n) is 3.72. The van der Waals surface area contributed by atoms with Crippen LogP contribution in [-0.4, -0.2) is 21.5 Å². The van der Waals surface area contributed by atoms with E-state index in [1.165, 1.54) is 4.90 Å². The molecule has 0 saturated carbocycles. The molecular formula is C24H21N3O2S. The zero-order chi connectivity index (χ0) is 21.4. The lowest BCUT2D eigenvalue weighted by molar-refractivity contribution is -0.122. The summed E-state index contributed by atoms with van der Waals surface area (Å²) >= 11 is 5.28. The SMILES string of the molecule is Cc1cccc(N2C(=O)/C(=C/c3cc(C)n(-c4ccccc4)c3C)C(=O)NC2=S)c1. The summed E-state index contributed by atoms with van der Waals surface area (Å²) in [7, 11) is 0. The van der Waals surface area contributed by atoms with Crippen molar-refractivity contribution >= 4 is 40.9 Å². The monoisotopic (exact) mass is 415 g/mol. The minimum Gasteiger partial charge on any atom is -0.318 e. The zero-order valence-electron chi connectivity index (χ0n) is 17.0. The summed E-state index contributed by atoms with van der Waals surface area (Å²) in [4.78, 5) is 27.2. The maximum atomic E-state index is 13.2. The summed E-state index contributed by atoms with van der Waals surface area (Å²) in [5.41, 5.74) is 5.48. The average Bonchev–Trinajstić information content (AvgIpc) is 2.99. The molecule has 6 heteroatoms. The second kappa shape index (κ2) is 7.72. The van der Waals surface area contributed by atoms with Crippen molar-refractivity contribution in [3.8, 4) is 5.69 Å². The minimum atomic E-state index is -0.488. The highest BCUT2D eigenvalue weighted by molar-refractivity contribution is 7.80. The molecule has 1 aromatic heterocycles. The molecule has 2 aromatic carbocycles. The fourth-order valence-corrected chi connectivity index (χ4v) is 4.00. The van der Waals surface area contributed by atoms with Crippen LogP contribution in [0.4, 0.5) is 5.69 Å². The summed E-state index contributed by atoms with van der Waals surface area (Å²) in [6.07, 6.45) is 1.64. The lowest BCUT2D eigenvalue weighted by atomic mass is 10.1. The van der Waals surface area contributed by atoms with Gasteiger partial charge in [0.1, 0.15) is 5.57 Å². The molecule has 2 heterocycles. The van der Waals surface area contributed by atoms with E-state index < -0.39 is 11.8 Å². The van der Waals surface area contributed by atoms with Crippen molar-refractivity contribution in [1.82, 2.24) is 9.88 Å². The number of rotatable bonds is 3. The molecule has 1 saturated heterocycles. The van der Waals surface area contributed by atoms with Crippen LogP contribution in [0.2, 0.25) is 0 Å². The van der Waals surface area contributed by atoms with Gasteiger partial charge in [-0.2, -0.15) is 0 Å². The lowest BCUT2D eigenvalue weighted by Gasteiger charge is -2.29. The van der Waals surface area contributed by atoms with E-state index in [1.807, 2.05) is 75.4 Å². The summed E-state index contributed by atoms with van der Waals surface area (Å²) in [6, 6.07) is 19.4. The third-order valence-electron chi connectivity index (χ3n) is 5.15. The zero-order valence-corrected chi connectivity index (χ0v) is 17.8. The number of aromatic nitrogens is 1. The topological polar surface area (TPSA) is 54.3 Å². The number of carbonyl (C=O) groups is 2. The minimum absolute atomic E-state index is 0.0541. The molecule has 1 fully saturated rings. The Labute approximate surface area is 180 Å². The Hall–Kier alpha value is -3.51. The smallest absolute Gasteiger partial charge is 0.270 e. The second-order valence-corrected chi connectivity index (χ2v) is 7.68. The molecule has 3 aromatic rings. The van der Waals surface area contributed by atoms with Gasteiger partial charge in [0, 0.05) is 17.1 Å². The third kappa shape index (κ3) is 3.46. The molecule has 0 spiro atoms. The van der Waals surface area contributed by atoms with E-state index in [0.717, 1.165) is 28.2 Å². The summed E-state index contributed by atoms with van der Waals surface area (Å²) in [5.74, 6) is -0.919. The van der Waals surface area contributed by atoms with Crippen LogP contribution >= 0.6 is 12.2 Å². The van der Waals surface area contributed by atoms with Crippen molar-refractivity contribution in [2.24, 2.45) is 0 Å². The quantitative estimate of drug-likeness (QED) is 0.396. The number of nitrogens with one attached hydrogen (secondary N) is 1. The number of anilines is 1. The Morgan fingerprint density at radius 2 is 1.60 bits per heavy atom. The number of hydrogen-bond acceptors (Lipinski definition) is 3. The molecule has 4 rings (SSSR count). The average molecular weight is 416 g/mol. The molecule has 0 radical (unpaired) electrons. The maximum Gasteiger partial charge on any atom is 0.270 e. The van der Waals surface area contributed by atoms with Crippen molar-refractivity contribution in [3.05, 3.63) is 88.8 Å². The Bertz CT molecular complexity index is 1210. The van der Waals surface area contributed by atoms with Gasteiger partial charge in [0.25, 0.3) is 11.8 Å². The van der Waals surface area contributed by atoms with Crippen LogP contribution in [0.15, 0.2) is 66.2 Å². The highest BCUT2D eigenvalue weighted by atomic mass is 32.1. The van der Waals surface area contributed by atoms with Gasteiger partial charge in [-0.3, -0.25) is 19.8 Å². The molecule has 1 N–H and O–H groups in total. The standard InChI is InChI=1S/C24H21N3O2S/c1-15-8-7-11-20(12-15)27-23(29)21(22(28)25-24(27)30)14-18-13-16(2)26(17(18)3)19-9-5-4-6-10-19/h4-14H,1-3H3,(H,25,28,30)/b21-14+. The predicted octanol–water partition coefficient (Wildman–Crippen LogP) is 4.23. The molecule has 30 heavy (non-hydrogen) atoms. The molecule has 150 valence electrons. The van der Waals surface area contributed by atoms with Crippen LogP contribution in [0.3, 0.4) is 0 Å². The molecule has 0 atom stereocenters. The van der Waals surface area contributed by atoms with Crippen molar-refractivity contribution in [2.75, 3.05) is 4.90 Å². The number of carbonyl (C=O) groups excluding carboxylic acids is 2. The molecule has 1 aliphatic heterocycles. The van der Waals surface area contributed by atoms with Crippen molar-refractivity contribution < 1.29 is 9.59 Å². The molecule has 0 aliphatic carbocycles. The highest BCUT2D eigenvalue weighted by Gasteiger charge is 2.34. The van der Waals surface area contributed by atoms with Crippen LogP contribution in [0.1, 0.15) is 22.5 Å². The van der Waals surface area contributed by atoms with Gasteiger partial charge in [-0.05, 0) is 80.5 Å². The molecule has 2 amide bonds. The van der Waals surface area contributed by atoms with Crippen LogP contribution in [0.5, 0.6) is 0 Å². The second-order valence-electron chi connectivity index (χ2n) is 7.29. The number of amides is 2. The first kappa shape index (κ1) is 19.8. The number of aryl methyl sites for hydroxylation is 2. The largest absolute Gasteiger partial charge is 0.318 e. The van der Waals surface area contributed by atoms with E-state index in [2.05, 4.69) is 9.88 Å². The van der Waals surface area contributed by atoms with Gasteiger partial charge < -0.3 is 4.57 Å². The van der Waals surface area contributed by atoms with Gasteiger partial charge in [0.05, 0.1) is 5.69 Å². The van der Waals surface area contributed by atoms with Crippen molar-refractivity contribution in [2.45, 2.75) is 20.8 Å². The number of thiocarbonyl (C=S) groups is 1. The molecule has 0 unspecified atom stereocenters. The first-order chi connectivity index (χ1) is 14.4. The van der Waals surface area contributed by atoms with Crippen LogP contribution in [-0.2, 0) is 9.59 Å². The van der Waals surface area contributed by atoms with E-state index in [9.17, 15) is 9.59 Å². The Balaban J connectivity index is 1.77. The number of para-hydroxylation sites is 1.